The number of unbranched alkanes of at least 4 members (excludes halogenated alkanes) is 37. The third kappa shape index (κ3) is 54.4. The first-order valence-electron chi connectivity index (χ1n) is 29.5. The minimum atomic E-state index is -0.764. The van der Waals surface area contributed by atoms with Gasteiger partial charge in [-0.05, 0) is 57.8 Å². The summed E-state index contributed by atoms with van der Waals surface area (Å²) in [7, 11) is 0. The number of carbonyl (C=O) groups is 3. The van der Waals surface area contributed by atoms with Crippen molar-refractivity contribution in [3.8, 4) is 0 Å². The molecule has 0 aliphatic carbocycles. The largest absolute Gasteiger partial charge is 0.462 e. The first-order valence-corrected chi connectivity index (χ1v) is 29.5. The quantitative estimate of drug-likeness (QED) is 0.0262. The Kier molecular flexibility index (Phi) is 54.2. The molecule has 0 rings (SSSR count). The minimum absolute atomic E-state index is 0.0683. The van der Waals surface area contributed by atoms with Crippen LogP contribution in [0.4, 0.5) is 0 Å². The summed E-state index contributed by atoms with van der Waals surface area (Å²) in [5.74, 6) is -0.867. The molecule has 0 aliphatic heterocycles. The van der Waals surface area contributed by atoms with Gasteiger partial charge >= 0.3 is 17.9 Å². The molecular weight excluding hydrogens is 829 g/mol. The van der Waals surface area contributed by atoms with Crippen LogP contribution < -0.4 is 0 Å². The highest BCUT2D eigenvalue weighted by Gasteiger charge is 2.19. The molecule has 0 aromatic heterocycles. The zero-order valence-electron chi connectivity index (χ0n) is 44.9. The summed E-state index contributed by atoms with van der Waals surface area (Å²) < 4.78 is 16.7. The zero-order valence-corrected chi connectivity index (χ0v) is 44.9. The van der Waals surface area contributed by atoms with Crippen molar-refractivity contribution >= 4 is 17.9 Å². The van der Waals surface area contributed by atoms with Gasteiger partial charge in [0.1, 0.15) is 13.2 Å². The van der Waals surface area contributed by atoms with Crippen LogP contribution in [-0.2, 0) is 28.6 Å². The monoisotopic (exact) mass is 941 g/mol. The molecule has 0 heterocycles. The van der Waals surface area contributed by atoms with Gasteiger partial charge in [-0.25, -0.2) is 0 Å². The molecule has 6 heteroatoms. The molecule has 0 fully saturated rings. The van der Waals surface area contributed by atoms with Gasteiger partial charge in [0.25, 0.3) is 0 Å². The number of ether oxygens (including phenoxy) is 3. The van der Waals surface area contributed by atoms with Crippen LogP contribution in [0.5, 0.6) is 0 Å². The van der Waals surface area contributed by atoms with Gasteiger partial charge in [0.15, 0.2) is 6.10 Å². The van der Waals surface area contributed by atoms with E-state index in [-0.39, 0.29) is 31.1 Å². The number of carbonyl (C=O) groups excluding carboxylic acids is 3. The topological polar surface area (TPSA) is 78.9 Å². The van der Waals surface area contributed by atoms with Crippen LogP contribution in [0.1, 0.15) is 316 Å². The predicted octanol–water partition coefficient (Wildman–Crippen LogP) is 19.7. The third-order valence-corrected chi connectivity index (χ3v) is 13.1. The zero-order chi connectivity index (χ0) is 48.6. The van der Waals surface area contributed by atoms with E-state index >= 15 is 0 Å². The Labute approximate surface area is 416 Å². The van der Waals surface area contributed by atoms with Crippen molar-refractivity contribution in [2.45, 2.75) is 322 Å². The lowest BCUT2D eigenvalue weighted by Gasteiger charge is -2.18. The summed E-state index contributed by atoms with van der Waals surface area (Å²) in [6, 6.07) is 0. The second-order valence-electron chi connectivity index (χ2n) is 19.9. The fourth-order valence-corrected chi connectivity index (χ4v) is 8.69. The molecule has 6 nitrogen and oxygen atoms in total. The summed E-state index contributed by atoms with van der Waals surface area (Å²) in [5, 5.41) is 0. The average Bonchev–Trinajstić information content (AvgIpc) is 3.33. The van der Waals surface area contributed by atoms with Gasteiger partial charge in [-0.2, -0.15) is 0 Å². The smallest absolute Gasteiger partial charge is 0.306 e. The third-order valence-electron chi connectivity index (χ3n) is 13.1. The Bertz CT molecular complexity index is 1130. The summed E-state index contributed by atoms with van der Waals surface area (Å²) in [6.07, 6.45) is 67.6. The van der Waals surface area contributed by atoms with Crippen molar-refractivity contribution < 1.29 is 28.6 Å². The number of rotatable bonds is 54. The Morgan fingerprint density at radius 1 is 0.299 bits per heavy atom. The Morgan fingerprint density at radius 3 is 0.836 bits per heavy atom. The normalized spacial score (nSPS) is 12.2. The molecule has 0 amide bonds. The first kappa shape index (κ1) is 64.6. The molecule has 0 N–H and O–H groups in total. The van der Waals surface area contributed by atoms with Crippen LogP contribution >= 0.6 is 0 Å². The molecule has 0 spiro atoms. The van der Waals surface area contributed by atoms with E-state index < -0.39 is 6.10 Å². The molecule has 392 valence electrons. The van der Waals surface area contributed by atoms with Crippen LogP contribution in [0, 0.1) is 0 Å². The summed E-state index contributed by atoms with van der Waals surface area (Å²) >= 11 is 0. The highest BCUT2D eigenvalue weighted by Crippen LogP contribution is 2.17. The van der Waals surface area contributed by atoms with Crippen LogP contribution in [0.25, 0.3) is 0 Å². The molecule has 67 heavy (non-hydrogen) atoms. The number of hydrogen-bond acceptors (Lipinski definition) is 6. The second kappa shape index (κ2) is 56.2. The lowest BCUT2D eigenvalue weighted by atomic mass is 10.0. The molecule has 0 aromatic rings. The second-order valence-corrected chi connectivity index (χ2v) is 19.9. The molecule has 0 radical (unpaired) electrons. The maximum Gasteiger partial charge on any atom is 0.306 e. The summed E-state index contributed by atoms with van der Waals surface area (Å²) in [5.41, 5.74) is 0. The van der Waals surface area contributed by atoms with Gasteiger partial charge < -0.3 is 14.2 Å². The predicted molar refractivity (Wildman–Crippen MR) is 289 cm³/mol. The van der Waals surface area contributed by atoms with Crippen molar-refractivity contribution in [2.75, 3.05) is 13.2 Å². The molecule has 0 saturated carbocycles. The maximum atomic E-state index is 12.8. The van der Waals surface area contributed by atoms with Gasteiger partial charge in [0.05, 0.1) is 0 Å². The van der Waals surface area contributed by atoms with Crippen LogP contribution in [0.3, 0.4) is 0 Å². The Balaban J connectivity index is 3.97. The van der Waals surface area contributed by atoms with E-state index in [1.165, 1.54) is 199 Å². The van der Waals surface area contributed by atoms with Gasteiger partial charge in [-0.15, -0.1) is 0 Å². The minimum Gasteiger partial charge on any atom is -0.462 e. The van der Waals surface area contributed by atoms with E-state index in [2.05, 4.69) is 57.2 Å². The molecule has 1 unspecified atom stereocenters. The molecule has 1 atom stereocenters. The summed E-state index contributed by atoms with van der Waals surface area (Å²) in [6.45, 7) is 6.58. The van der Waals surface area contributed by atoms with E-state index in [1.54, 1.807) is 0 Å². The molecule has 0 saturated heterocycles. The van der Waals surface area contributed by atoms with Crippen molar-refractivity contribution in [2.24, 2.45) is 0 Å². The fraction of sp³-hybridized carbons (Fsp3) is 0.852. The Morgan fingerprint density at radius 2 is 0.537 bits per heavy atom. The van der Waals surface area contributed by atoms with Crippen molar-refractivity contribution in [1.29, 1.82) is 0 Å². The van der Waals surface area contributed by atoms with Crippen molar-refractivity contribution in [3.05, 3.63) is 36.5 Å². The number of esters is 3. The molecule has 0 bridgehead atoms. The van der Waals surface area contributed by atoms with Crippen LogP contribution in [0.15, 0.2) is 36.5 Å². The van der Waals surface area contributed by atoms with E-state index in [4.69, 9.17) is 14.2 Å². The molecule has 0 aliphatic rings. The lowest BCUT2D eigenvalue weighted by molar-refractivity contribution is -0.167. The number of hydrogen-bond donors (Lipinski definition) is 0. The van der Waals surface area contributed by atoms with Gasteiger partial charge in [-0.3, -0.25) is 14.4 Å². The van der Waals surface area contributed by atoms with Crippen LogP contribution in [0.2, 0.25) is 0 Å². The van der Waals surface area contributed by atoms with Gasteiger partial charge in [0.2, 0.25) is 0 Å². The van der Waals surface area contributed by atoms with E-state index in [0.717, 1.165) is 77.0 Å². The maximum absolute atomic E-state index is 12.8. The molecule has 0 aromatic carbocycles. The summed E-state index contributed by atoms with van der Waals surface area (Å²) in [4.78, 5) is 37.8. The van der Waals surface area contributed by atoms with E-state index in [1.807, 2.05) is 0 Å². The van der Waals surface area contributed by atoms with Crippen molar-refractivity contribution in [3.63, 3.8) is 0 Å². The van der Waals surface area contributed by atoms with E-state index in [0.29, 0.717) is 19.3 Å². The highest BCUT2D eigenvalue weighted by atomic mass is 16.6. The van der Waals surface area contributed by atoms with Crippen LogP contribution in [-0.4, -0.2) is 37.2 Å². The SMILES string of the molecule is CCCCCCC/C=C\C/C=C\C/C=C\CCCCCCCCCCCCCCCCC(=O)OCC(COC(=O)CCCCCCC)OC(=O)CCCCCCCCCCCCCCCCC. The van der Waals surface area contributed by atoms with Crippen molar-refractivity contribution in [1.82, 2.24) is 0 Å². The standard InChI is InChI=1S/C61H112O6/c1-4-7-10-13-15-17-19-21-23-24-25-26-27-28-29-30-31-32-33-34-35-36-38-39-41-43-45-48-51-54-60(63)66-57-58(56-65-59(62)53-50-47-12-9-6-3)67-61(64)55-52-49-46-44-42-40-37-22-20-18-16-14-11-8-5-2/h19,21,24-25,27-28,58H,4-18,20,22-23,26,29-57H2,1-3H3/b21-19-,25-24-,28-27-. The molecular formula is C61H112O6. The highest BCUT2D eigenvalue weighted by molar-refractivity contribution is 5.71. The Hall–Kier alpha value is -2.37. The first-order chi connectivity index (χ1) is 33.0. The average molecular weight is 942 g/mol. The number of allylic oxidation sites excluding steroid dienone is 6. The lowest BCUT2D eigenvalue weighted by Crippen LogP contribution is -2.30. The van der Waals surface area contributed by atoms with E-state index in [9.17, 15) is 14.4 Å². The fourth-order valence-electron chi connectivity index (χ4n) is 8.69. The van der Waals surface area contributed by atoms with Gasteiger partial charge in [-0.1, -0.05) is 276 Å². The van der Waals surface area contributed by atoms with Gasteiger partial charge in [0, 0.05) is 19.3 Å².